The third-order valence-corrected chi connectivity index (χ3v) is 1.52. The molecule has 0 radical (unpaired) electrons. The van der Waals surface area contributed by atoms with E-state index in [0.29, 0.717) is 6.42 Å². The minimum absolute atomic E-state index is 0.273. The van der Waals surface area contributed by atoms with Crippen molar-refractivity contribution in [3.8, 4) is 5.75 Å². The molecule has 1 aromatic carbocycles. The van der Waals surface area contributed by atoms with Gasteiger partial charge in [0.05, 0.1) is 7.11 Å². The van der Waals surface area contributed by atoms with Crippen molar-refractivity contribution in [3.05, 3.63) is 30.3 Å². The third kappa shape index (κ3) is 7.34. The van der Waals surface area contributed by atoms with E-state index in [1.165, 1.54) is 0 Å². The summed E-state index contributed by atoms with van der Waals surface area (Å²) in [6, 6.07) is 9.68. The predicted molar refractivity (Wildman–Crippen MR) is 54.1 cm³/mol. The number of ether oxygens (including phenoxy) is 1. The number of benzene rings is 1. The maximum absolute atomic E-state index is 9.58. The number of hydrogen-bond acceptors (Lipinski definition) is 2. The van der Waals surface area contributed by atoms with Gasteiger partial charge in [-0.2, -0.15) is 0 Å². The minimum atomic E-state index is -0.273. The van der Waals surface area contributed by atoms with Crippen LogP contribution in [0.3, 0.4) is 0 Å². The summed E-state index contributed by atoms with van der Waals surface area (Å²) < 4.78 is 4.91. The monoisotopic (exact) mass is 200 g/mol. The van der Waals surface area contributed by atoms with E-state index < -0.39 is 0 Å². The largest absolute Gasteiger partial charge is 0.497 e. The van der Waals surface area contributed by atoms with Crippen LogP contribution in [0.5, 0.6) is 5.75 Å². The van der Waals surface area contributed by atoms with E-state index in [4.69, 9.17) is 16.3 Å². The summed E-state index contributed by atoms with van der Waals surface area (Å²) in [4.78, 5) is 9.58. The summed E-state index contributed by atoms with van der Waals surface area (Å²) in [5.41, 5.74) is 0. The zero-order valence-electron chi connectivity index (χ0n) is 7.79. The molecule has 13 heavy (non-hydrogen) atoms. The molecular weight excluding hydrogens is 188 g/mol. The van der Waals surface area contributed by atoms with Gasteiger partial charge in [0.15, 0.2) is 0 Å². The van der Waals surface area contributed by atoms with E-state index in [2.05, 4.69) is 0 Å². The van der Waals surface area contributed by atoms with Crippen molar-refractivity contribution in [2.45, 2.75) is 13.3 Å². The average molecular weight is 201 g/mol. The molecule has 0 aliphatic carbocycles. The van der Waals surface area contributed by atoms with Gasteiger partial charge in [0, 0.05) is 6.42 Å². The average Bonchev–Trinajstić information content (AvgIpc) is 2.20. The molecule has 0 heterocycles. The van der Waals surface area contributed by atoms with Crippen molar-refractivity contribution in [2.24, 2.45) is 0 Å². The Morgan fingerprint density at radius 2 is 1.85 bits per heavy atom. The van der Waals surface area contributed by atoms with E-state index >= 15 is 0 Å². The molecule has 2 nitrogen and oxygen atoms in total. The summed E-state index contributed by atoms with van der Waals surface area (Å²) in [6.07, 6.45) is 0.432. The van der Waals surface area contributed by atoms with E-state index in [9.17, 15) is 4.79 Å². The molecule has 0 saturated heterocycles. The van der Waals surface area contributed by atoms with Crippen LogP contribution in [0.1, 0.15) is 13.3 Å². The Balaban J connectivity index is 0.000000252. The Morgan fingerprint density at radius 1 is 1.38 bits per heavy atom. The molecule has 0 unspecified atom stereocenters. The SMILES string of the molecule is CCC(=O)Cl.COc1ccccc1. The van der Waals surface area contributed by atoms with Crippen LogP contribution in [0, 0.1) is 0 Å². The first-order chi connectivity index (χ1) is 6.20. The second-order valence-corrected chi connectivity index (χ2v) is 2.65. The molecule has 0 aliphatic heterocycles. The number of hydrogen-bond donors (Lipinski definition) is 0. The summed E-state index contributed by atoms with van der Waals surface area (Å²) in [5, 5.41) is -0.273. The molecule has 0 amide bonds. The van der Waals surface area contributed by atoms with Crippen molar-refractivity contribution in [1.82, 2.24) is 0 Å². The Hall–Kier alpha value is -1.02. The van der Waals surface area contributed by atoms with E-state index in [0.717, 1.165) is 5.75 Å². The van der Waals surface area contributed by atoms with Gasteiger partial charge < -0.3 is 4.74 Å². The zero-order valence-corrected chi connectivity index (χ0v) is 8.54. The van der Waals surface area contributed by atoms with E-state index in [1.807, 2.05) is 30.3 Å². The highest BCUT2D eigenvalue weighted by molar-refractivity contribution is 6.63. The summed E-state index contributed by atoms with van der Waals surface area (Å²) in [7, 11) is 1.66. The van der Waals surface area contributed by atoms with Crippen LogP contribution < -0.4 is 4.74 Å². The summed E-state index contributed by atoms with van der Waals surface area (Å²) >= 11 is 4.82. The lowest BCUT2D eigenvalue weighted by atomic mass is 10.3. The highest BCUT2D eigenvalue weighted by Gasteiger charge is 1.81. The first-order valence-electron chi connectivity index (χ1n) is 3.98. The normalized spacial score (nSPS) is 8.23. The van der Waals surface area contributed by atoms with Crippen molar-refractivity contribution in [2.75, 3.05) is 7.11 Å². The van der Waals surface area contributed by atoms with Crippen molar-refractivity contribution in [3.63, 3.8) is 0 Å². The van der Waals surface area contributed by atoms with Crippen LogP contribution in [0.25, 0.3) is 0 Å². The molecule has 0 spiro atoms. The van der Waals surface area contributed by atoms with E-state index in [1.54, 1.807) is 14.0 Å². The number of halogens is 1. The fourth-order valence-corrected chi connectivity index (χ4v) is 0.557. The van der Waals surface area contributed by atoms with Gasteiger partial charge in [-0.15, -0.1) is 0 Å². The molecular formula is C10H13ClO2. The molecule has 0 aliphatic rings. The Bertz CT molecular complexity index is 234. The second-order valence-electron chi connectivity index (χ2n) is 2.23. The lowest BCUT2D eigenvalue weighted by Gasteiger charge is -1.93. The number of carbonyl (C=O) groups excluding carboxylic acids is 1. The Labute approximate surface area is 83.5 Å². The lowest BCUT2D eigenvalue weighted by molar-refractivity contribution is -0.111. The van der Waals surface area contributed by atoms with Crippen LogP contribution in [0.15, 0.2) is 30.3 Å². The summed E-state index contributed by atoms with van der Waals surface area (Å²) in [5.74, 6) is 0.910. The van der Waals surface area contributed by atoms with Gasteiger partial charge in [0.25, 0.3) is 0 Å². The molecule has 0 N–H and O–H groups in total. The highest BCUT2D eigenvalue weighted by Crippen LogP contribution is 2.05. The standard InChI is InChI=1S/C7H8O.C3H5ClO/c1-8-7-5-3-2-4-6-7;1-2-3(4)5/h2-6H,1H3;2H2,1H3. The lowest BCUT2D eigenvalue weighted by Crippen LogP contribution is -1.78. The van der Waals surface area contributed by atoms with Crippen molar-refractivity contribution in [1.29, 1.82) is 0 Å². The van der Waals surface area contributed by atoms with Crippen LogP contribution in [-0.4, -0.2) is 12.4 Å². The minimum Gasteiger partial charge on any atom is -0.497 e. The molecule has 1 aromatic rings. The van der Waals surface area contributed by atoms with Gasteiger partial charge in [-0.05, 0) is 23.7 Å². The molecule has 0 aromatic heterocycles. The molecule has 0 bridgehead atoms. The van der Waals surface area contributed by atoms with Crippen LogP contribution in [-0.2, 0) is 4.79 Å². The highest BCUT2D eigenvalue weighted by atomic mass is 35.5. The first-order valence-corrected chi connectivity index (χ1v) is 4.35. The predicted octanol–water partition coefficient (Wildman–Crippen LogP) is 2.86. The van der Waals surface area contributed by atoms with Crippen LogP contribution in [0.4, 0.5) is 0 Å². The number of carbonyl (C=O) groups is 1. The molecule has 1 rings (SSSR count). The number of para-hydroxylation sites is 1. The van der Waals surface area contributed by atoms with Crippen LogP contribution in [0.2, 0.25) is 0 Å². The second kappa shape index (κ2) is 7.62. The third-order valence-electron chi connectivity index (χ3n) is 1.26. The number of rotatable bonds is 2. The quantitative estimate of drug-likeness (QED) is 0.687. The first kappa shape index (κ1) is 12.0. The van der Waals surface area contributed by atoms with Gasteiger partial charge in [-0.3, -0.25) is 4.79 Å². The maximum Gasteiger partial charge on any atom is 0.221 e. The summed E-state index contributed by atoms with van der Waals surface area (Å²) in [6.45, 7) is 1.72. The molecule has 0 fully saturated rings. The van der Waals surface area contributed by atoms with Crippen molar-refractivity contribution >= 4 is 16.8 Å². The van der Waals surface area contributed by atoms with Gasteiger partial charge in [-0.25, -0.2) is 0 Å². The molecule has 3 heteroatoms. The fourth-order valence-electron chi connectivity index (χ4n) is 0.557. The van der Waals surface area contributed by atoms with Gasteiger partial charge in [-0.1, -0.05) is 25.1 Å². The van der Waals surface area contributed by atoms with Gasteiger partial charge in [0.1, 0.15) is 5.75 Å². The van der Waals surface area contributed by atoms with Crippen LogP contribution >= 0.6 is 11.6 Å². The van der Waals surface area contributed by atoms with Gasteiger partial charge in [0.2, 0.25) is 5.24 Å². The number of methoxy groups -OCH3 is 1. The van der Waals surface area contributed by atoms with Crippen molar-refractivity contribution < 1.29 is 9.53 Å². The Kier molecular flexibility index (Phi) is 7.02. The molecule has 72 valence electrons. The zero-order chi connectivity index (χ0) is 10.1. The topological polar surface area (TPSA) is 26.3 Å². The fraction of sp³-hybridized carbons (Fsp3) is 0.300. The molecule has 0 saturated carbocycles. The Morgan fingerprint density at radius 3 is 2.08 bits per heavy atom. The maximum atomic E-state index is 9.58. The molecule has 0 atom stereocenters. The smallest absolute Gasteiger partial charge is 0.221 e. The van der Waals surface area contributed by atoms with Gasteiger partial charge >= 0.3 is 0 Å². The van der Waals surface area contributed by atoms with E-state index in [-0.39, 0.29) is 5.24 Å².